The average molecular weight is 311 g/mol. The Balaban J connectivity index is 2.03. The van der Waals surface area contributed by atoms with Gasteiger partial charge in [0, 0.05) is 12.4 Å². The quantitative estimate of drug-likeness (QED) is 0.860. The van der Waals surface area contributed by atoms with E-state index in [0.717, 1.165) is 23.1 Å². The highest BCUT2D eigenvalue weighted by molar-refractivity contribution is 5.82. The van der Waals surface area contributed by atoms with E-state index in [1.54, 1.807) is 12.4 Å². The van der Waals surface area contributed by atoms with E-state index in [2.05, 4.69) is 22.4 Å². The summed E-state index contributed by atoms with van der Waals surface area (Å²) in [4.78, 5) is 16.2. The smallest absolute Gasteiger partial charge is 0.237 e. The molecule has 1 amide bonds. The molecular formula is C19H25N3O. The summed E-state index contributed by atoms with van der Waals surface area (Å²) in [5, 5.41) is 3.00. The molecule has 1 aromatic carbocycles. The zero-order valence-corrected chi connectivity index (χ0v) is 14.0. The van der Waals surface area contributed by atoms with Gasteiger partial charge < -0.3 is 11.1 Å². The van der Waals surface area contributed by atoms with Crippen LogP contribution in [0.3, 0.4) is 0 Å². The Kier molecular flexibility index (Phi) is 5.88. The average Bonchev–Trinajstić information content (AvgIpc) is 2.61. The zero-order chi connectivity index (χ0) is 16.8. The van der Waals surface area contributed by atoms with Gasteiger partial charge in [0.25, 0.3) is 0 Å². The summed E-state index contributed by atoms with van der Waals surface area (Å²) >= 11 is 0. The number of benzene rings is 1. The Morgan fingerprint density at radius 2 is 1.65 bits per heavy atom. The number of hydrogen-bond donors (Lipinski definition) is 2. The maximum Gasteiger partial charge on any atom is 0.237 e. The van der Waals surface area contributed by atoms with Gasteiger partial charge in [0.2, 0.25) is 5.91 Å². The van der Waals surface area contributed by atoms with Crippen molar-refractivity contribution in [3.63, 3.8) is 0 Å². The van der Waals surface area contributed by atoms with Crippen LogP contribution in [0.5, 0.6) is 0 Å². The van der Waals surface area contributed by atoms with Gasteiger partial charge in [-0.05, 0) is 41.7 Å². The van der Waals surface area contributed by atoms with Crippen LogP contribution in [0.25, 0.3) is 11.1 Å². The van der Waals surface area contributed by atoms with E-state index >= 15 is 0 Å². The molecule has 0 saturated heterocycles. The Morgan fingerprint density at radius 1 is 1.09 bits per heavy atom. The van der Waals surface area contributed by atoms with Crippen molar-refractivity contribution in [2.75, 3.05) is 0 Å². The first-order valence-electron chi connectivity index (χ1n) is 8.09. The fourth-order valence-electron chi connectivity index (χ4n) is 2.41. The number of nitrogens with zero attached hydrogens (tertiary/aromatic N) is 1. The number of carbonyl (C=O) groups is 1. The normalized spacial score (nSPS) is 14.8. The summed E-state index contributed by atoms with van der Waals surface area (Å²) in [5.41, 5.74) is 9.30. The minimum atomic E-state index is -0.460. The number of carbonyl (C=O) groups excluding carboxylic acids is 1. The minimum Gasteiger partial charge on any atom is -0.348 e. The topological polar surface area (TPSA) is 68.0 Å². The van der Waals surface area contributed by atoms with E-state index < -0.39 is 6.04 Å². The van der Waals surface area contributed by atoms with E-state index in [1.807, 2.05) is 45.0 Å². The van der Waals surface area contributed by atoms with Crippen LogP contribution in [0.2, 0.25) is 0 Å². The molecule has 23 heavy (non-hydrogen) atoms. The predicted molar refractivity (Wildman–Crippen MR) is 93.7 cm³/mol. The van der Waals surface area contributed by atoms with Crippen molar-refractivity contribution in [3.8, 4) is 11.1 Å². The summed E-state index contributed by atoms with van der Waals surface area (Å²) in [5.74, 6) is 0.0846. The van der Waals surface area contributed by atoms with Crippen molar-refractivity contribution in [2.45, 2.75) is 39.3 Å². The molecular weight excluding hydrogens is 286 g/mol. The number of nitrogens with one attached hydrogen (secondary N) is 1. The molecule has 4 nitrogen and oxygen atoms in total. The first-order valence-corrected chi connectivity index (χ1v) is 8.09. The van der Waals surface area contributed by atoms with Crippen LogP contribution in [0.15, 0.2) is 48.8 Å². The van der Waals surface area contributed by atoms with Crippen molar-refractivity contribution in [3.05, 3.63) is 54.4 Å². The van der Waals surface area contributed by atoms with Gasteiger partial charge in [-0.25, -0.2) is 0 Å². The zero-order valence-electron chi connectivity index (χ0n) is 14.0. The molecule has 3 atom stereocenters. The van der Waals surface area contributed by atoms with Crippen molar-refractivity contribution < 1.29 is 4.79 Å². The Bertz CT molecular complexity index is 625. The van der Waals surface area contributed by atoms with Crippen LogP contribution in [0, 0.1) is 5.92 Å². The standard InChI is InChI=1S/C19H25N3O/c1-4-13(2)18(20)19(23)22-14(3)15-5-7-16(8-6-15)17-9-11-21-12-10-17/h5-14,18H,4,20H2,1-3H3,(H,22,23). The number of rotatable bonds is 6. The van der Waals surface area contributed by atoms with Gasteiger partial charge in [-0.2, -0.15) is 0 Å². The lowest BCUT2D eigenvalue weighted by molar-refractivity contribution is -0.124. The largest absolute Gasteiger partial charge is 0.348 e. The highest BCUT2D eigenvalue weighted by Gasteiger charge is 2.21. The molecule has 2 rings (SSSR count). The molecule has 0 radical (unpaired) electrons. The predicted octanol–water partition coefficient (Wildman–Crippen LogP) is 3.30. The van der Waals surface area contributed by atoms with Crippen LogP contribution in [-0.2, 0) is 4.79 Å². The molecule has 122 valence electrons. The SMILES string of the molecule is CCC(C)C(N)C(=O)NC(C)c1ccc(-c2ccncc2)cc1. The first kappa shape index (κ1) is 17.2. The maximum atomic E-state index is 12.2. The molecule has 4 heteroatoms. The summed E-state index contributed by atoms with van der Waals surface area (Å²) in [6, 6.07) is 11.6. The number of nitrogens with two attached hydrogens (primary N) is 1. The van der Waals surface area contributed by atoms with E-state index in [1.165, 1.54) is 0 Å². The van der Waals surface area contributed by atoms with Crippen LogP contribution in [0.4, 0.5) is 0 Å². The monoisotopic (exact) mass is 311 g/mol. The number of aromatic nitrogens is 1. The third kappa shape index (κ3) is 4.39. The lowest BCUT2D eigenvalue weighted by Gasteiger charge is -2.21. The van der Waals surface area contributed by atoms with E-state index in [4.69, 9.17) is 5.73 Å². The highest BCUT2D eigenvalue weighted by atomic mass is 16.2. The number of amides is 1. The molecule has 0 fully saturated rings. The molecule has 0 aliphatic heterocycles. The summed E-state index contributed by atoms with van der Waals surface area (Å²) in [6.45, 7) is 6.01. The van der Waals surface area contributed by atoms with Gasteiger partial charge in [-0.15, -0.1) is 0 Å². The van der Waals surface area contributed by atoms with Crippen LogP contribution in [-0.4, -0.2) is 16.9 Å². The summed E-state index contributed by atoms with van der Waals surface area (Å²) in [7, 11) is 0. The van der Waals surface area contributed by atoms with Crippen LogP contribution in [0.1, 0.15) is 38.8 Å². The molecule has 0 saturated carbocycles. The van der Waals surface area contributed by atoms with Gasteiger partial charge in [0.1, 0.15) is 0 Å². The second kappa shape index (κ2) is 7.88. The molecule has 3 N–H and O–H groups in total. The molecule has 3 unspecified atom stereocenters. The Hall–Kier alpha value is -2.20. The van der Waals surface area contributed by atoms with Crippen molar-refractivity contribution in [2.24, 2.45) is 11.7 Å². The fourth-order valence-corrected chi connectivity index (χ4v) is 2.41. The third-order valence-corrected chi connectivity index (χ3v) is 4.34. The van der Waals surface area contributed by atoms with Gasteiger partial charge in [-0.3, -0.25) is 9.78 Å². The lowest BCUT2D eigenvalue weighted by Crippen LogP contribution is -2.45. The number of hydrogen-bond acceptors (Lipinski definition) is 3. The third-order valence-electron chi connectivity index (χ3n) is 4.34. The minimum absolute atomic E-state index is 0.0657. The molecule has 0 aliphatic carbocycles. The van der Waals surface area contributed by atoms with Crippen LogP contribution < -0.4 is 11.1 Å². The number of pyridine rings is 1. The van der Waals surface area contributed by atoms with Crippen molar-refractivity contribution in [1.82, 2.24) is 10.3 Å². The summed E-state index contributed by atoms with van der Waals surface area (Å²) < 4.78 is 0. The van der Waals surface area contributed by atoms with Gasteiger partial charge >= 0.3 is 0 Å². The molecule has 1 aromatic heterocycles. The Morgan fingerprint density at radius 3 is 2.22 bits per heavy atom. The highest BCUT2D eigenvalue weighted by Crippen LogP contribution is 2.21. The molecule has 0 spiro atoms. The maximum absolute atomic E-state index is 12.2. The van der Waals surface area contributed by atoms with Gasteiger partial charge in [-0.1, -0.05) is 44.5 Å². The second-order valence-electron chi connectivity index (χ2n) is 6.00. The second-order valence-corrected chi connectivity index (χ2v) is 6.00. The first-order chi connectivity index (χ1) is 11.0. The lowest BCUT2D eigenvalue weighted by atomic mass is 9.98. The van der Waals surface area contributed by atoms with E-state index in [-0.39, 0.29) is 17.9 Å². The molecule has 0 bridgehead atoms. The molecule has 0 aliphatic rings. The summed E-state index contributed by atoms with van der Waals surface area (Å²) in [6.07, 6.45) is 4.45. The van der Waals surface area contributed by atoms with Crippen LogP contribution >= 0.6 is 0 Å². The van der Waals surface area contributed by atoms with E-state index in [9.17, 15) is 4.79 Å². The van der Waals surface area contributed by atoms with Crippen molar-refractivity contribution in [1.29, 1.82) is 0 Å². The Labute approximate surface area is 138 Å². The fraction of sp³-hybridized carbons (Fsp3) is 0.368. The molecule has 2 aromatic rings. The van der Waals surface area contributed by atoms with Crippen molar-refractivity contribution >= 4 is 5.91 Å². The van der Waals surface area contributed by atoms with Gasteiger partial charge in [0.15, 0.2) is 0 Å². The van der Waals surface area contributed by atoms with E-state index in [0.29, 0.717) is 0 Å². The van der Waals surface area contributed by atoms with Gasteiger partial charge in [0.05, 0.1) is 12.1 Å². The molecule has 1 heterocycles.